The molecule has 2 aromatic rings. The Kier molecular flexibility index (Phi) is 7.81. The van der Waals surface area contributed by atoms with Gasteiger partial charge in [-0.25, -0.2) is 21.6 Å². The monoisotopic (exact) mass is 491 g/mol. The molecule has 1 unspecified atom stereocenters. The predicted molar refractivity (Wildman–Crippen MR) is 112 cm³/mol. The molecule has 0 aromatic heterocycles. The lowest BCUT2D eigenvalue weighted by Gasteiger charge is -2.26. The highest BCUT2D eigenvalue weighted by molar-refractivity contribution is 7.92. The van der Waals surface area contributed by atoms with E-state index < -0.39 is 45.1 Å². The fraction of sp³-hybridized carbons (Fsp3) is 0.381. The maximum absolute atomic E-state index is 13.4. The van der Waals surface area contributed by atoms with Crippen molar-refractivity contribution in [1.29, 1.82) is 0 Å². The van der Waals surface area contributed by atoms with Crippen LogP contribution in [-0.4, -0.2) is 44.5 Å². The molecule has 3 rings (SSSR count). The van der Waals surface area contributed by atoms with E-state index in [1.54, 1.807) is 0 Å². The Morgan fingerprint density at radius 2 is 1.78 bits per heavy atom. The van der Waals surface area contributed by atoms with Gasteiger partial charge in [-0.05, 0) is 43.4 Å². The number of nitrogens with one attached hydrogen (secondary N) is 1. The van der Waals surface area contributed by atoms with Crippen molar-refractivity contribution in [2.24, 2.45) is 5.92 Å². The smallest absolute Gasteiger partial charge is 0.255 e. The van der Waals surface area contributed by atoms with E-state index in [1.807, 2.05) is 0 Å². The van der Waals surface area contributed by atoms with Crippen molar-refractivity contribution >= 4 is 33.0 Å². The number of rotatable bonds is 7. The highest BCUT2D eigenvalue weighted by Gasteiger charge is 2.32. The van der Waals surface area contributed by atoms with Crippen LogP contribution in [0.25, 0.3) is 0 Å². The lowest BCUT2D eigenvalue weighted by atomic mass is 9.95. The third-order valence-electron chi connectivity index (χ3n) is 5.32. The molecule has 2 aromatic carbocycles. The zero-order valence-corrected chi connectivity index (χ0v) is 18.4. The first-order valence-electron chi connectivity index (χ1n) is 9.81. The van der Waals surface area contributed by atoms with Gasteiger partial charge in [-0.3, -0.25) is 4.79 Å². The number of ether oxygens (including phenoxy) is 1. The molecule has 2 N–H and O–H groups in total. The highest BCUT2D eigenvalue weighted by Crippen LogP contribution is 2.31. The third kappa shape index (κ3) is 5.43. The van der Waals surface area contributed by atoms with Crippen LogP contribution >= 0.6 is 11.6 Å². The quantitative estimate of drug-likeness (QED) is 0.572. The van der Waals surface area contributed by atoms with Gasteiger partial charge in [-0.2, -0.15) is 0 Å². The molecule has 11 heteroatoms. The molecule has 6 nitrogen and oxygen atoms in total. The van der Waals surface area contributed by atoms with Crippen LogP contribution in [0.5, 0.6) is 0 Å². The topological polar surface area (TPSA) is 92.7 Å². The first-order valence-corrected chi connectivity index (χ1v) is 11.7. The van der Waals surface area contributed by atoms with Crippen LogP contribution in [0.3, 0.4) is 0 Å². The first kappa shape index (κ1) is 24.5. The highest BCUT2D eigenvalue weighted by atomic mass is 35.5. The Morgan fingerprint density at radius 3 is 2.38 bits per heavy atom. The lowest BCUT2D eigenvalue weighted by molar-refractivity contribution is 0.0620. The second kappa shape index (κ2) is 10.2. The summed E-state index contributed by atoms with van der Waals surface area (Å²) in [6.07, 6.45) is 1.56. The number of carbonyl (C=O) groups is 1. The van der Waals surface area contributed by atoms with Crippen LogP contribution in [0, 0.1) is 23.4 Å². The number of aliphatic hydroxyl groups excluding tert-OH is 1. The second-order valence-electron chi connectivity index (χ2n) is 7.49. The van der Waals surface area contributed by atoms with Gasteiger partial charge in [-0.1, -0.05) is 11.6 Å². The maximum Gasteiger partial charge on any atom is 0.255 e. The zero-order chi connectivity index (χ0) is 23.5. The molecule has 1 aliphatic heterocycles. The Labute approximate surface area is 188 Å². The Balaban J connectivity index is 1.85. The number of amides is 1. The van der Waals surface area contributed by atoms with Crippen molar-refractivity contribution in [3.8, 4) is 0 Å². The first-order chi connectivity index (χ1) is 15.1. The Bertz CT molecular complexity index is 1080. The summed E-state index contributed by atoms with van der Waals surface area (Å²) >= 11 is 6.10. The number of hydrogen-bond donors (Lipinski definition) is 2. The van der Waals surface area contributed by atoms with E-state index in [0.29, 0.717) is 38.2 Å². The summed E-state index contributed by atoms with van der Waals surface area (Å²) in [6.45, 7) is 0.411. The molecular weight excluding hydrogens is 471 g/mol. The molecule has 1 fully saturated rings. The van der Waals surface area contributed by atoms with Crippen LogP contribution in [0.2, 0.25) is 5.02 Å². The van der Waals surface area contributed by atoms with Crippen molar-refractivity contribution in [3.05, 3.63) is 58.4 Å². The van der Waals surface area contributed by atoms with Gasteiger partial charge in [0.15, 0.2) is 27.3 Å². The van der Waals surface area contributed by atoms with Crippen molar-refractivity contribution in [2.45, 2.75) is 29.4 Å². The number of aliphatic hydroxyl groups is 1. The van der Waals surface area contributed by atoms with E-state index in [2.05, 4.69) is 5.32 Å². The number of benzene rings is 2. The molecule has 0 spiro atoms. The van der Waals surface area contributed by atoms with Gasteiger partial charge in [0.25, 0.3) is 5.91 Å². The molecule has 0 saturated carbocycles. The summed E-state index contributed by atoms with van der Waals surface area (Å²) in [7, 11) is -4.10. The van der Waals surface area contributed by atoms with Crippen LogP contribution in [0.1, 0.15) is 29.6 Å². The third-order valence-corrected chi connectivity index (χ3v) is 7.93. The second-order valence-corrected chi connectivity index (χ2v) is 10.1. The fourth-order valence-electron chi connectivity index (χ4n) is 3.53. The van der Waals surface area contributed by atoms with E-state index in [1.165, 1.54) is 12.1 Å². The number of anilines is 1. The summed E-state index contributed by atoms with van der Waals surface area (Å²) < 4.78 is 71.5. The molecule has 1 amide bonds. The molecule has 0 bridgehead atoms. The van der Waals surface area contributed by atoms with E-state index in [9.17, 15) is 31.5 Å². The van der Waals surface area contributed by atoms with Crippen LogP contribution < -0.4 is 5.32 Å². The zero-order valence-electron chi connectivity index (χ0n) is 16.8. The average molecular weight is 492 g/mol. The van der Waals surface area contributed by atoms with E-state index >= 15 is 0 Å². The predicted octanol–water partition coefficient (Wildman–Crippen LogP) is 3.96. The molecule has 32 heavy (non-hydrogen) atoms. The SMILES string of the molecule is O=C(Nc1cc(F)c(F)c(F)c1)c1ccc(Cl)c(S(=O)(=O)C(CO)CC2CCOCC2)c1. The number of sulfone groups is 1. The van der Waals surface area contributed by atoms with Gasteiger partial charge in [0.1, 0.15) is 0 Å². The van der Waals surface area contributed by atoms with Gasteiger partial charge in [-0.15, -0.1) is 0 Å². The molecule has 174 valence electrons. The van der Waals surface area contributed by atoms with Gasteiger partial charge < -0.3 is 15.2 Å². The molecule has 0 radical (unpaired) electrons. The maximum atomic E-state index is 13.4. The summed E-state index contributed by atoms with van der Waals surface area (Å²) in [4.78, 5) is 12.2. The molecule has 1 saturated heterocycles. The lowest BCUT2D eigenvalue weighted by Crippen LogP contribution is -2.30. The van der Waals surface area contributed by atoms with Crippen LogP contribution in [0.4, 0.5) is 18.9 Å². The van der Waals surface area contributed by atoms with Crippen LogP contribution in [0.15, 0.2) is 35.2 Å². The van der Waals surface area contributed by atoms with Gasteiger partial charge >= 0.3 is 0 Å². The average Bonchev–Trinajstić information content (AvgIpc) is 2.76. The summed E-state index contributed by atoms with van der Waals surface area (Å²) in [5, 5.41) is 10.7. The molecular formula is C21H21ClF3NO5S. The Morgan fingerprint density at radius 1 is 1.16 bits per heavy atom. The van der Waals surface area contributed by atoms with Gasteiger partial charge in [0, 0.05) is 36.6 Å². The summed E-state index contributed by atoms with van der Waals surface area (Å²) in [5.41, 5.74) is -0.501. The van der Waals surface area contributed by atoms with Crippen molar-refractivity contribution in [3.63, 3.8) is 0 Å². The van der Waals surface area contributed by atoms with Gasteiger partial charge in [0.05, 0.1) is 21.8 Å². The normalized spacial score (nSPS) is 16.0. The van der Waals surface area contributed by atoms with E-state index in [0.717, 1.165) is 6.07 Å². The minimum Gasteiger partial charge on any atom is -0.395 e. The molecule has 1 heterocycles. The number of halogens is 4. The molecule has 1 aliphatic rings. The number of carbonyl (C=O) groups excluding carboxylic acids is 1. The van der Waals surface area contributed by atoms with Crippen molar-refractivity contribution in [2.75, 3.05) is 25.1 Å². The standard InChI is InChI=1S/C21H21ClF3NO5S/c22-16-2-1-13(21(28)26-14-9-17(23)20(25)18(24)10-14)8-19(16)32(29,30)15(11-27)7-12-3-5-31-6-4-12/h1-2,8-10,12,15,27H,3-7,11H2,(H,26,28). The minimum atomic E-state index is -4.10. The van der Waals surface area contributed by atoms with Gasteiger partial charge in [0.2, 0.25) is 0 Å². The van der Waals surface area contributed by atoms with Crippen LogP contribution in [-0.2, 0) is 14.6 Å². The molecule has 1 atom stereocenters. The van der Waals surface area contributed by atoms with E-state index in [4.69, 9.17) is 16.3 Å². The molecule has 0 aliphatic carbocycles. The largest absolute Gasteiger partial charge is 0.395 e. The minimum absolute atomic E-state index is 0.0594. The van der Waals surface area contributed by atoms with E-state index in [-0.39, 0.29) is 33.5 Å². The summed E-state index contributed by atoms with van der Waals surface area (Å²) in [5.74, 6) is -5.47. The van der Waals surface area contributed by atoms with Crippen molar-refractivity contribution in [1.82, 2.24) is 0 Å². The Hall–Kier alpha value is -2.14. The fourth-order valence-corrected chi connectivity index (χ4v) is 5.68. The van der Waals surface area contributed by atoms with Crippen molar-refractivity contribution < 1.29 is 36.2 Å². The number of hydrogen-bond acceptors (Lipinski definition) is 5. The summed E-state index contributed by atoms with van der Waals surface area (Å²) in [6, 6.07) is 4.67.